The number of nitrogens with zero attached hydrogens (tertiary/aromatic N) is 1. The third-order valence-electron chi connectivity index (χ3n) is 4.51. The Kier molecular flexibility index (Phi) is 9.66. The second kappa shape index (κ2) is 12.0. The van der Waals surface area contributed by atoms with Crippen LogP contribution in [-0.4, -0.2) is 35.1 Å². The molecule has 0 aliphatic heterocycles. The van der Waals surface area contributed by atoms with Crippen LogP contribution >= 0.6 is 23.4 Å². The molecule has 0 saturated heterocycles. The SMILES string of the molecule is CCC(C(=O)NCC(C)C)N(Cc1ccc(F)cc1)C(=O)CSc1ccc(Cl)cc1. The molecule has 0 aliphatic carbocycles. The van der Waals surface area contributed by atoms with Gasteiger partial charge in [-0.2, -0.15) is 0 Å². The number of carbonyl (C=O) groups excluding carboxylic acids is 2. The van der Waals surface area contributed by atoms with Gasteiger partial charge in [0, 0.05) is 23.0 Å². The van der Waals surface area contributed by atoms with Crippen LogP contribution in [0.4, 0.5) is 4.39 Å². The van der Waals surface area contributed by atoms with Gasteiger partial charge in [0.1, 0.15) is 11.9 Å². The molecule has 0 aromatic heterocycles. The summed E-state index contributed by atoms with van der Waals surface area (Å²) >= 11 is 7.31. The molecule has 30 heavy (non-hydrogen) atoms. The summed E-state index contributed by atoms with van der Waals surface area (Å²) in [6, 6.07) is 12.7. The quantitative estimate of drug-likeness (QED) is 0.509. The maximum absolute atomic E-state index is 13.3. The van der Waals surface area contributed by atoms with Crippen LogP contribution in [0.1, 0.15) is 32.8 Å². The highest BCUT2D eigenvalue weighted by Gasteiger charge is 2.28. The Hall–Kier alpha value is -2.05. The van der Waals surface area contributed by atoms with Crippen LogP contribution in [0.3, 0.4) is 0 Å². The van der Waals surface area contributed by atoms with Crippen molar-refractivity contribution >= 4 is 35.2 Å². The lowest BCUT2D eigenvalue weighted by atomic mass is 10.1. The molecule has 7 heteroatoms. The van der Waals surface area contributed by atoms with Crippen LogP contribution in [0.5, 0.6) is 0 Å². The third kappa shape index (κ3) is 7.65. The van der Waals surface area contributed by atoms with E-state index in [2.05, 4.69) is 5.32 Å². The monoisotopic (exact) mass is 450 g/mol. The Balaban J connectivity index is 2.17. The fourth-order valence-electron chi connectivity index (χ4n) is 2.89. The Bertz CT molecular complexity index is 828. The normalized spacial score (nSPS) is 11.9. The highest BCUT2D eigenvalue weighted by atomic mass is 35.5. The van der Waals surface area contributed by atoms with Crippen LogP contribution in [0.2, 0.25) is 5.02 Å². The fourth-order valence-corrected chi connectivity index (χ4v) is 3.80. The number of halogens is 2. The molecule has 2 rings (SSSR count). The van der Waals surface area contributed by atoms with Crippen molar-refractivity contribution in [3.05, 3.63) is 64.9 Å². The molecule has 2 aromatic rings. The fraction of sp³-hybridized carbons (Fsp3) is 0.391. The lowest BCUT2D eigenvalue weighted by Gasteiger charge is -2.31. The largest absolute Gasteiger partial charge is 0.354 e. The van der Waals surface area contributed by atoms with Crippen molar-refractivity contribution in [1.29, 1.82) is 0 Å². The first-order valence-corrected chi connectivity index (χ1v) is 11.4. The van der Waals surface area contributed by atoms with Crippen LogP contribution in [0.15, 0.2) is 53.4 Å². The minimum Gasteiger partial charge on any atom is -0.354 e. The van der Waals surface area contributed by atoms with Gasteiger partial charge < -0.3 is 10.2 Å². The number of rotatable bonds is 10. The maximum Gasteiger partial charge on any atom is 0.242 e. The molecule has 0 fully saturated rings. The lowest BCUT2D eigenvalue weighted by Crippen LogP contribution is -2.50. The van der Waals surface area contributed by atoms with Gasteiger partial charge in [-0.05, 0) is 54.3 Å². The van der Waals surface area contributed by atoms with Crippen LogP contribution in [0.25, 0.3) is 0 Å². The van der Waals surface area contributed by atoms with Crippen molar-refractivity contribution < 1.29 is 14.0 Å². The van der Waals surface area contributed by atoms with E-state index in [1.165, 1.54) is 23.9 Å². The Morgan fingerprint density at radius 3 is 2.30 bits per heavy atom. The van der Waals surface area contributed by atoms with Crippen molar-refractivity contribution in [3.8, 4) is 0 Å². The molecule has 2 amide bonds. The van der Waals surface area contributed by atoms with Gasteiger partial charge in [0.2, 0.25) is 11.8 Å². The molecule has 0 bridgehead atoms. The van der Waals surface area contributed by atoms with Crippen molar-refractivity contribution in [3.63, 3.8) is 0 Å². The molecule has 4 nitrogen and oxygen atoms in total. The number of amides is 2. The number of carbonyl (C=O) groups is 2. The van der Waals surface area contributed by atoms with E-state index >= 15 is 0 Å². The molecular weight excluding hydrogens is 423 g/mol. The van der Waals surface area contributed by atoms with E-state index in [0.717, 1.165) is 10.5 Å². The van der Waals surface area contributed by atoms with E-state index in [0.29, 0.717) is 23.9 Å². The molecule has 2 aromatic carbocycles. The molecule has 1 unspecified atom stereocenters. The average Bonchev–Trinajstić information content (AvgIpc) is 2.72. The van der Waals surface area contributed by atoms with Crippen LogP contribution in [-0.2, 0) is 16.1 Å². The van der Waals surface area contributed by atoms with Gasteiger partial charge in [0.25, 0.3) is 0 Å². The van der Waals surface area contributed by atoms with E-state index in [4.69, 9.17) is 11.6 Å². The molecule has 0 saturated carbocycles. The number of benzene rings is 2. The van der Waals surface area contributed by atoms with E-state index in [1.807, 2.05) is 32.9 Å². The number of hydrogen-bond donors (Lipinski definition) is 1. The van der Waals surface area contributed by atoms with Crippen molar-refractivity contribution in [2.24, 2.45) is 5.92 Å². The van der Waals surface area contributed by atoms with Gasteiger partial charge in [0.15, 0.2) is 0 Å². The number of thioether (sulfide) groups is 1. The first-order valence-electron chi connectivity index (χ1n) is 10.00. The topological polar surface area (TPSA) is 49.4 Å². The highest BCUT2D eigenvalue weighted by molar-refractivity contribution is 8.00. The summed E-state index contributed by atoms with van der Waals surface area (Å²) in [7, 11) is 0. The second-order valence-electron chi connectivity index (χ2n) is 7.45. The van der Waals surface area contributed by atoms with Crippen LogP contribution in [0, 0.1) is 11.7 Å². The van der Waals surface area contributed by atoms with Gasteiger partial charge in [0.05, 0.1) is 5.75 Å². The molecular formula is C23H28ClFN2O2S. The zero-order chi connectivity index (χ0) is 22.1. The zero-order valence-corrected chi connectivity index (χ0v) is 19.1. The van der Waals surface area contributed by atoms with Crippen molar-refractivity contribution in [2.75, 3.05) is 12.3 Å². The standard InChI is InChI=1S/C23H28ClFN2O2S/c1-4-21(23(29)26-13-16(2)3)27(14-17-5-9-19(25)10-6-17)22(28)15-30-20-11-7-18(24)8-12-20/h5-12,16,21H,4,13-15H2,1-3H3,(H,26,29). The van der Waals surface area contributed by atoms with Gasteiger partial charge >= 0.3 is 0 Å². The minimum absolute atomic E-state index is 0.147. The van der Waals surface area contributed by atoms with Gasteiger partial charge in [-0.25, -0.2) is 4.39 Å². The average molecular weight is 451 g/mol. The van der Waals surface area contributed by atoms with Gasteiger partial charge in [-0.1, -0.05) is 44.5 Å². The summed E-state index contributed by atoms with van der Waals surface area (Å²) in [6.07, 6.45) is 0.489. The summed E-state index contributed by atoms with van der Waals surface area (Å²) in [5.41, 5.74) is 0.774. The highest BCUT2D eigenvalue weighted by Crippen LogP contribution is 2.22. The summed E-state index contributed by atoms with van der Waals surface area (Å²) < 4.78 is 13.3. The summed E-state index contributed by atoms with van der Waals surface area (Å²) in [5, 5.41) is 3.56. The summed E-state index contributed by atoms with van der Waals surface area (Å²) in [4.78, 5) is 28.4. The molecule has 0 heterocycles. The van der Waals surface area contributed by atoms with Crippen molar-refractivity contribution in [2.45, 2.75) is 44.7 Å². The van der Waals surface area contributed by atoms with Crippen LogP contribution < -0.4 is 5.32 Å². The molecule has 1 N–H and O–H groups in total. The van der Waals surface area contributed by atoms with E-state index < -0.39 is 6.04 Å². The first-order chi connectivity index (χ1) is 14.3. The summed E-state index contributed by atoms with van der Waals surface area (Å²) in [5.74, 6) is -0.148. The molecule has 0 aliphatic rings. The lowest BCUT2D eigenvalue weighted by molar-refractivity contribution is -0.139. The molecule has 0 radical (unpaired) electrons. The van der Waals surface area contributed by atoms with Gasteiger partial charge in [-0.15, -0.1) is 11.8 Å². The first kappa shape index (κ1) is 24.2. The maximum atomic E-state index is 13.3. The summed E-state index contributed by atoms with van der Waals surface area (Å²) in [6.45, 7) is 6.72. The van der Waals surface area contributed by atoms with Crippen molar-refractivity contribution in [1.82, 2.24) is 10.2 Å². The Labute approximate surface area is 187 Å². The predicted octanol–water partition coefficient (Wildman–Crippen LogP) is 5.15. The molecule has 0 spiro atoms. The Morgan fingerprint density at radius 2 is 1.73 bits per heavy atom. The third-order valence-corrected chi connectivity index (χ3v) is 5.76. The smallest absolute Gasteiger partial charge is 0.242 e. The minimum atomic E-state index is -0.591. The second-order valence-corrected chi connectivity index (χ2v) is 8.94. The number of nitrogens with one attached hydrogen (secondary N) is 1. The van der Waals surface area contributed by atoms with Gasteiger partial charge in [-0.3, -0.25) is 9.59 Å². The number of hydrogen-bond acceptors (Lipinski definition) is 3. The molecule has 162 valence electrons. The van der Waals surface area contributed by atoms with E-state index in [-0.39, 0.29) is 29.9 Å². The predicted molar refractivity (Wildman–Crippen MR) is 121 cm³/mol. The molecule has 1 atom stereocenters. The Morgan fingerprint density at radius 1 is 1.10 bits per heavy atom. The van der Waals surface area contributed by atoms with E-state index in [1.54, 1.807) is 29.2 Å². The van der Waals surface area contributed by atoms with E-state index in [9.17, 15) is 14.0 Å². The zero-order valence-electron chi connectivity index (χ0n) is 17.5.